The van der Waals surface area contributed by atoms with E-state index in [9.17, 15) is 9.59 Å². The predicted octanol–water partition coefficient (Wildman–Crippen LogP) is 2.51. The van der Waals surface area contributed by atoms with Gasteiger partial charge >= 0.3 is 0 Å². The first-order valence-corrected chi connectivity index (χ1v) is 8.41. The van der Waals surface area contributed by atoms with Crippen LogP contribution < -0.4 is 15.1 Å². The van der Waals surface area contributed by atoms with E-state index in [1.54, 1.807) is 18.2 Å². The molecule has 0 aliphatic carbocycles. The van der Waals surface area contributed by atoms with Crippen molar-refractivity contribution in [1.82, 2.24) is 5.43 Å². The Morgan fingerprint density at radius 3 is 2.54 bits per heavy atom. The number of hydrogen-bond donors (Lipinski definition) is 1. The summed E-state index contributed by atoms with van der Waals surface area (Å²) < 4.78 is 5.09. The maximum atomic E-state index is 12.3. The highest BCUT2D eigenvalue weighted by molar-refractivity contribution is 6.00. The molecular formula is C20H21N3O3. The summed E-state index contributed by atoms with van der Waals surface area (Å²) in [4.78, 5) is 26.2. The Kier molecular flexibility index (Phi) is 5.31. The first-order chi connectivity index (χ1) is 12.6. The third-order valence-corrected chi connectivity index (χ3v) is 4.35. The maximum Gasteiger partial charge on any atom is 0.245 e. The number of rotatable bonds is 5. The second kappa shape index (κ2) is 7.82. The number of nitrogens with zero attached hydrogens (tertiary/aromatic N) is 2. The molecule has 1 aliphatic rings. The largest absolute Gasteiger partial charge is 0.497 e. The van der Waals surface area contributed by atoms with E-state index in [1.807, 2.05) is 55.5 Å². The Hall–Kier alpha value is -3.15. The molecule has 1 heterocycles. The van der Waals surface area contributed by atoms with Crippen LogP contribution in [0.3, 0.4) is 0 Å². The second-order valence-corrected chi connectivity index (χ2v) is 6.25. The molecule has 0 radical (unpaired) electrons. The smallest absolute Gasteiger partial charge is 0.245 e. The number of anilines is 1. The van der Waals surface area contributed by atoms with Crippen molar-refractivity contribution in [1.29, 1.82) is 0 Å². The second-order valence-electron chi connectivity index (χ2n) is 6.25. The number of carbonyl (C=O) groups excluding carboxylic acids is 2. The molecule has 3 rings (SSSR count). The minimum absolute atomic E-state index is 0.0480. The Morgan fingerprint density at radius 2 is 1.88 bits per heavy atom. The van der Waals surface area contributed by atoms with E-state index < -0.39 is 5.92 Å². The minimum Gasteiger partial charge on any atom is -0.497 e. The molecule has 134 valence electrons. The lowest BCUT2D eigenvalue weighted by atomic mass is 10.1. The normalized spacial score (nSPS) is 16.9. The Balaban J connectivity index is 1.57. The topological polar surface area (TPSA) is 71.0 Å². The molecule has 26 heavy (non-hydrogen) atoms. The van der Waals surface area contributed by atoms with Crippen molar-refractivity contribution in [3.05, 3.63) is 59.7 Å². The van der Waals surface area contributed by atoms with Crippen molar-refractivity contribution >= 4 is 23.7 Å². The van der Waals surface area contributed by atoms with Gasteiger partial charge in [-0.3, -0.25) is 9.59 Å². The first kappa shape index (κ1) is 17.7. The number of amides is 2. The highest BCUT2D eigenvalue weighted by Crippen LogP contribution is 2.25. The monoisotopic (exact) mass is 351 g/mol. The van der Waals surface area contributed by atoms with Crippen LogP contribution in [0, 0.1) is 12.8 Å². The molecule has 6 nitrogen and oxygen atoms in total. The molecule has 1 N–H and O–H groups in total. The highest BCUT2D eigenvalue weighted by atomic mass is 16.5. The molecule has 6 heteroatoms. The fraction of sp³-hybridized carbons (Fsp3) is 0.250. The van der Waals surface area contributed by atoms with Crippen molar-refractivity contribution in [3.63, 3.8) is 0 Å². The standard InChI is InChI=1S/C20H21N3O3/c1-14-3-7-17(8-4-14)23-13-16(11-19(23)24)20(25)22-21-12-15-5-9-18(26-2)10-6-15/h3-10,12,16H,11,13H2,1-2H3,(H,22,25)/b21-12-/t16-/m1/s1. The van der Waals surface area contributed by atoms with Crippen LogP contribution in [0.25, 0.3) is 0 Å². The summed E-state index contributed by atoms with van der Waals surface area (Å²) in [5.74, 6) is 0.0505. The van der Waals surface area contributed by atoms with Crippen molar-refractivity contribution in [2.45, 2.75) is 13.3 Å². The summed E-state index contributed by atoms with van der Waals surface area (Å²) in [7, 11) is 1.60. The van der Waals surface area contributed by atoms with Gasteiger partial charge in [0.15, 0.2) is 0 Å². The number of hydrogen-bond acceptors (Lipinski definition) is 4. The predicted molar refractivity (Wildman–Crippen MR) is 100 cm³/mol. The number of methoxy groups -OCH3 is 1. The Morgan fingerprint density at radius 1 is 1.19 bits per heavy atom. The molecule has 0 bridgehead atoms. The molecule has 0 saturated carbocycles. The summed E-state index contributed by atoms with van der Waals surface area (Å²) in [5.41, 5.74) is 5.31. The van der Waals surface area contributed by atoms with Crippen LogP contribution in [-0.4, -0.2) is 31.7 Å². The van der Waals surface area contributed by atoms with E-state index in [-0.39, 0.29) is 18.2 Å². The van der Waals surface area contributed by atoms with Gasteiger partial charge in [0.1, 0.15) is 5.75 Å². The molecule has 0 aromatic heterocycles. The van der Waals surface area contributed by atoms with Gasteiger partial charge in [-0.1, -0.05) is 17.7 Å². The van der Waals surface area contributed by atoms with Gasteiger partial charge in [-0.05, 0) is 48.9 Å². The van der Waals surface area contributed by atoms with Gasteiger partial charge in [0.05, 0.1) is 19.2 Å². The molecule has 2 amide bonds. The van der Waals surface area contributed by atoms with Crippen LogP contribution in [0.15, 0.2) is 53.6 Å². The van der Waals surface area contributed by atoms with Crippen molar-refractivity contribution in [2.75, 3.05) is 18.6 Å². The number of hydrazone groups is 1. The molecule has 0 unspecified atom stereocenters. The van der Waals surface area contributed by atoms with E-state index in [4.69, 9.17) is 4.74 Å². The van der Waals surface area contributed by atoms with E-state index in [0.29, 0.717) is 6.54 Å². The third kappa shape index (κ3) is 4.08. The molecular weight excluding hydrogens is 330 g/mol. The van der Waals surface area contributed by atoms with E-state index >= 15 is 0 Å². The van der Waals surface area contributed by atoms with Gasteiger partial charge in [-0.25, -0.2) is 5.43 Å². The lowest BCUT2D eigenvalue weighted by Crippen LogP contribution is -2.30. The minimum atomic E-state index is -0.406. The van der Waals surface area contributed by atoms with E-state index in [1.165, 1.54) is 0 Å². The SMILES string of the molecule is COc1ccc(/C=N\NC(=O)[C@@H]2CC(=O)N(c3ccc(C)cc3)C2)cc1. The summed E-state index contributed by atoms with van der Waals surface area (Å²) in [6.45, 7) is 2.36. The first-order valence-electron chi connectivity index (χ1n) is 8.41. The van der Waals surface area contributed by atoms with Crippen LogP contribution >= 0.6 is 0 Å². The summed E-state index contributed by atoms with van der Waals surface area (Å²) >= 11 is 0. The summed E-state index contributed by atoms with van der Waals surface area (Å²) in [6, 6.07) is 15.0. The quantitative estimate of drug-likeness (QED) is 0.665. The summed E-state index contributed by atoms with van der Waals surface area (Å²) in [6.07, 6.45) is 1.75. The number of aryl methyl sites for hydroxylation is 1. The van der Waals surface area contributed by atoms with Gasteiger partial charge in [0.25, 0.3) is 0 Å². The molecule has 1 atom stereocenters. The Bertz CT molecular complexity index is 813. The fourth-order valence-corrected chi connectivity index (χ4v) is 2.81. The highest BCUT2D eigenvalue weighted by Gasteiger charge is 2.35. The van der Waals surface area contributed by atoms with Crippen LogP contribution in [0.5, 0.6) is 5.75 Å². The van der Waals surface area contributed by atoms with Gasteiger partial charge in [0.2, 0.25) is 11.8 Å². The number of benzene rings is 2. The molecule has 2 aromatic carbocycles. The van der Waals surface area contributed by atoms with Crippen molar-refractivity contribution in [3.8, 4) is 5.75 Å². The molecule has 1 fully saturated rings. The van der Waals surface area contributed by atoms with Gasteiger partial charge in [-0.2, -0.15) is 5.10 Å². The zero-order valence-electron chi connectivity index (χ0n) is 14.8. The van der Waals surface area contributed by atoms with E-state index in [0.717, 1.165) is 22.6 Å². The number of ether oxygens (including phenoxy) is 1. The lowest BCUT2D eigenvalue weighted by Gasteiger charge is -2.16. The molecule has 1 saturated heterocycles. The average molecular weight is 351 g/mol. The van der Waals surface area contributed by atoms with E-state index in [2.05, 4.69) is 10.5 Å². The zero-order chi connectivity index (χ0) is 18.5. The number of nitrogens with one attached hydrogen (secondary N) is 1. The van der Waals surface area contributed by atoms with Crippen molar-refractivity contribution < 1.29 is 14.3 Å². The Labute approximate surface area is 152 Å². The maximum absolute atomic E-state index is 12.3. The molecule has 0 spiro atoms. The van der Waals surface area contributed by atoms with Gasteiger partial charge in [0, 0.05) is 18.7 Å². The zero-order valence-corrected chi connectivity index (χ0v) is 14.8. The molecule has 2 aromatic rings. The average Bonchev–Trinajstić information content (AvgIpc) is 3.05. The van der Waals surface area contributed by atoms with Crippen LogP contribution in [-0.2, 0) is 9.59 Å². The van der Waals surface area contributed by atoms with Gasteiger partial charge < -0.3 is 9.64 Å². The third-order valence-electron chi connectivity index (χ3n) is 4.35. The number of carbonyl (C=O) groups is 2. The van der Waals surface area contributed by atoms with Crippen LogP contribution in [0.2, 0.25) is 0 Å². The fourth-order valence-electron chi connectivity index (χ4n) is 2.81. The van der Waals surface area contributed by atoms with Gasteiger partial charge in [-0.15, -0.1) is 0 Å². The molecule has 1 aliphatic heterocycles. The lowest BCUT2D eigenvalue weighted by molar-refractivity contribution is -0.126. The van der Waals surface area contributed by atoms with Crippen LogP contribution in [0.1, 0.15) is 17.5 Å². The van der Waals surface area contributed by atoms with Crippen molar-refractivity contribution in [2.24, 2.45) is 11.0 Å². The summed E-state index contributed by atoms with van der Waals surface area (Å²) in [5, 5.41) is 3.98. The van der Waals surface area contributed by atoms with Crippen LogP contribution in [0.4, 0.5) is 5.69 Å².